The van der Waals surface area contributed by atoms with E-state index in [1.165, 1.54) is 27.8 Å². The Morgan fingerprint density at radius 1 is 0.950 bits per heavy atom. The molecule has 0 aromatic heterocycles. The number of aromatic hydroxyl groups is 1. The summed E-state index contributed by atoms with van der Waals surface area (Å²) in [6, 6.07) is 10.3. The summed E-state index contributed by atoms with van der Waals surface area (Å²) in [7, 11) is 0. The van der Waals surface area contributed by atoms with Gasteiger partial charge in [0.25, 0.3) is 0 Å². The number of aryl methyl sites for hydroxylation is 2. The number of benzene rings is 2. The first-order chi connectivity index (χ1) is 9.41. The molecule has 1 heteroatoms. The Balaban J connectivity index is 2.47. The van der Waals surface area contributed by atoms with E-state index in [-0.39, 0.29) is 0 Å². The van der Waals surface area contributed by atoms with Gasteiger partial charge in [-0.2, -0.15) is 0 Å². The molecule has 2 aromatic rings. The van der Waals surface area contributed by atoms with Crippen LogP contribution in [-0.4, -0.2) is 5.11 Å². The van der Waals surface area contributed by atoms with Crippen molar-refractivity contribution in [2.45, 2.75) is 47.0 Å². The molecule has 0 heterocycles. The van der Waals surface area contributed by atoms with Gasteiger partial charge < -0.3 is 5.11 Å². The van der Waals surface area contributed by atoms with Crippen LogP contribution in [0.5, 0.6) is 5.75 Å². The van der Waals surface area contributed by atoms with Crippen molar-refractivity contribution in [3.63, 3.8) is 0 Å². The fraction of sp³-hybridized carbons (Fsp3) is 0.368. The Bertz CT molecular complexity index is 604. The monoisotopic (exact) mass is 268 g/mol. The van der Waals surface area contributed by atoms with Crippen molar-refractivity contribution in [1.82, 2.24) is 0 Å². The van der Waals surface area contributed by atoms with Crippen LogP contribution >= 0.6 is 0 Å². The van der Waals surface area contributed by atoms with E-state index in [2.05, 4.69) is 58.9 Å². The Kier molecular flexibility index (Phi) is 4.17. The van der Waals surface area contributed by atoms with Crippen LogP contribution < -0.4 is 0 Å². The molecule has 20 heavy (non-hydrogen) atoms. The van der Waals surface area contributed by atoms with E-state index in [0.29, 0.717) is 11.7 Å². The van der Waals surface area contributed by atoms with E-state index >= 15 is 0 Å². The molecule has 0 aliphatic carbocycles. The summed E-state index contributed by atoms with van der Waals surface area (Å²) in [6.07, 6.45) is 0.935. The zero-order valence-corrected chi connectivity index (χ0v) is 13.1. The first kappa shape index (κ1) is 14.6. The van der Waals surface area contributed by atoms with Gasteiger partial charge in [-0.25, -0.2) is 0 Å². The number of hydrogen-bond donors (Lipinski definition) is 1. The third-order valence-electron chi connectivity index (χ3n) is 4.19. The third-order valence-corrected chi connectivity index (χ3v) is 4.19. The molecule has 2 aromatic carbocycles. The zero-order chi connectivity index (χ0) is 14.9. The minimum atomic E-state index is 0.341. The Morgan fingerprint density at radius 3 is 2.10 bits per heavy atom. The summed E-state index contributed by atoms with van der Waals surface area (Å²) in [5, 5.41) is 10.1. The number of phenolic OH excluding ortho intramolecular Hbond substituents is 1. The minimum Gasteiger partial charge on any atom is -0.508 e. The minimum absolute atomic E-state index is 0.341. The largest absolute Gasteiger partial charge is 0.508 e. The van der Waals surface area contributed by atoms with Gasteiger partial charge in [-0.1, -0.05) is 38.1 Å². The zero-order valence-electron chi connectivity index (χ0n) is 13.1. The maximum absolute atomic E-state index is 10.1. The van der Waals surface area contributed by atoms with E-state index in [0.717, 1.165) is 12.0 Å². The maximum Gasteiger partial charge on any atom is 0.119 e. The van der Waals surface area contributed by atoms with Gasteiger partial charge in [-0.05, 0) is 72.6 Å². The van der Waals surface area contributed by atoms with Gasteiger partial charge in [-0.3, -0.25) is 0 Å². The predicted octanol–water partition coefficient (Wildman–Crippen LogP) is 5.03. The SMILES string of the molecule is Cc1cccc(C)c1Cc1ccc(O)c(C(C)C)c1C. The lowest BCUT2D eigenvalue weighted by atomic mass is 9.88. The second-order valence-corrected chi connectivity index (χ2v) is 5.98. The molecule has 0 atom stereocenters. The molecule has 0 aliphatic heterocycles. The van der Waals surface area contributed by atoms with Gasteiger partial charge in [0.2, 0.25) is 0 Å². The maximum atomic E-state index is 10.1. The first-order valence-corrected chi connectivity index (χ1v) is 7.28. The molecular weight excluding hydrogens is 244 g/mol. The highest BCUT2D eigenvalue weighted by atomic mass is 16.3. The molecule has 0 saturated carbocycles. The lowest BCUT2D eigenvalue weighted by molar-refractivity contribution is 0.463. The number of hydrogen-bond acceptors (Lipinski definition) is 1. The molecule has 0 spiro atoms. The summed E-state index contributed by atoms with van der Waals surface area (Å²) in [6.45, 7) is 10.7. The van der Waals surface area contributed by atoms with Crippen LogP contribution in [0.3, 0.4) is 0 Å². The van der Waals surface area contributed by atoms with E-state index in [1.807, 2.05) is 6.07 Å². The molecule has 1 nitrogen and oxygen atoms in total. The molecule has 106 valence electrons. The summed E-state index contributed by atoms with van der Waals surface area (Å²) in [5.74, 6) is 0.760. The second-order valence-electron chi connectivity index (χ2n) is 5.98. The van der Waals surface area contributed by atoms with Gasteiger partial charge in [0.05, 0.1) is 0 Å². The molecule has 0 radical (unpaired) electrons. The van der Waals surface area contributed by atoms with Gasteiger partial charge >= 0.3 is 0 Å². The second kappa shape index (κ2) is 5.70. The van der Waals surface area contributed by atoms with Crippen molar-refractivity contribution in [1.29, 1.82) is 0 Å². The molecule has 0 bridgehead atoms. The van der Waals surface area contributed by atoms with Crippen LogP contribution in [-0.2, 0) is 6.42 Å². The molecule has 0 saturated heterocycles. The van der Waals surface area contributed by atoms with Crippen LogP contribution in [0.2, 0.25) is 0 Å². The van der Waals surface area contributed by atoms with Crippen LogP contribution in [0.1, 0.15) is 53.1 Å². The predicted molar refractivity (Wildman–Crippen MR) is 85.7 cm³/mol. The topological polar surface area (TPSA) is 20.2 Å². The molecule has 0 amide bonds. The molecule has 0 aliphatic rings. The van der Waals surface area contributed by atoms with Crippen molar-refractivity contribution in [3.8, 4) is 5.75 Å². The fourth-order valence-electron chi connectivity index (χ4n) is 3.00. The lowest BCUT2D eigenvalue weighted by Crippen LogP contribution is -2.01. The average Bonchev–Trinajstić information content (AvgIpc) is 2.36. The number of rotatable bonds is 3. The Morgan fingerprint density at radius 2 is 1.55 bits per heavy atom. The van der Waals surface area contributed by atoms with E-state index < -0.39 is 0 Å². The summed E-state index contributed by atoms with van der Waals surface area (Å²) >= 11 is 0. The molecule has 1 N–H and O–H groups in total. The van der Waals surface area contributed by atoms with E-state index in [9.17, 15) is 5.11 Å². The Labute approximate surface area is 122 Å². The van der Waals surface area contributed by atoms with E-state index in [4.69, 9.17) is 0 Å². The van der Waals surface area contributed by atoms with Crippen LogP contribution in [0, 0.1) is 20.8 Å². The normalized spacial score (nSPS) is 11.1. The van der Waals surface area contributed by atoms with Crippen molar-refractivity contribution in [2.24, 2.45) is 0 Å². The quantitative estimate of drug-likeness (QED) is 0.827. The van der Waals surface area contributed by atoms with Crippen molar-refractivity contribution in [2.75, 3.05) is 0 Å². The van der Waals surface area contributed by atoms with Crippen LogP contribution in [0.4, 0.5) is 0 Å². The fourth-order valence-corrected chi connectivity index (χ4v) is 3.00. The summed E-state index contributed by atoms with van der Waals surface area (Å²) in [5.41, 5.74) is 7.68. The van der Waals surface area contributed by atoms with E-state index in [1.54, 1.807) is 0 Å². The van der Waals surface area contributed by atoms with Crippen molar-refractivity contribution < 1.29 is 5.11 Å². The van der Waals surface area contributed by atoms with Crippen LogP contribution in [0.25, 0.3) is 0 Å². The molecular formula is C19H24O. The molecule has 0 unspecified atom stereocenters. The smallest absolute Gasteiger partial charge is 0.119 e. The Hall–Kier alpha value is -1.76. The van der Waals surface area contributed by atoms with Gasteiger partial charge in [-0.15, -0.1) is 0 Å². The van der Waals surface area contributed by atoms with Gasteiger partial charge in [0.1, 0.15) is 5.75 Å². The first-order valence-electron chi connectivity index (χ1n) is 7.28. The average molecular weight is 268 g/mol. The molecule has 0 fully saturated rings. The summed E-state index contributed by atoms with van der Waals surface area (Å²) < 4.78 is 0. The third kappa shape index (κ3) is 2.72. The van der Waals surface area contributed by atoms with Crippen molar-refractivity contribution in [3.05, 3.63) is 63.7 Å². The number of phenols is 1. The standard InChI is InChI=1S/C19H24O/c1-12(2)19-15(5)16(9-10-18(19)20)11-17-13(3)7-6-8-14(17)4/h6-10,12,20H,11H2,1-5H3. The van der Waals surface area contributed by atoms with Crippen molar-refractivity contribution >= 4 is 0 Å². The van der Waals surface area contributed by atoms with Gasteiger partial charge in [0, 0.05) is 0 Å². The molecule has 2 rings (SSSR count). The lowest BCUT2D eigenvalue weighted by Gasteiger charge is -2.17. The highest BCUT2D eigenvalue weighted by Gasteiger charge is 2.14. The summed E-state index contributed by atoms with van der Waals surface area (Å²) in [4.78, 5) is 0. The van der Waals surface area contributed by atoms with Gasteiger partial charge in [0.15, 0.2) is 0 Å². The highest BCUT2D eigenvalue weighted by Crippen LogP contribution is 2.32. The van der Waals surface area contributed by atoms with Crippen LogP contribution in [0.15, 0.2) is 30.3 Å². The highest BCUT2D eigenvalue weighted by molar-refractivity contribution is 5.48.